The van der Waals surface area contributed by atoms with Crippen molar-refractivity contribution in [1.82, 2.24) is 14.9 Å². The summed E-state index contributed by atoms with van der Waals surface area (Å²) in [4.78, 5) is 16.4. The van der Waals surface area contributed by atoms with Crippen LogP contribution in [0.5, 0.6) is 0 Å². The third-order valence-electron chi connectivity index (χ3n) is 6.03. The highest BCUT2D eigenvalue weighted by Gasteiger charge is 2.38. The molecule has 35 heavy (non-hydrogen) atoms. The number of carbonyl (C=O) groups is 1. The highest BCUT2D eigenvalue weighted by Crippen LogP contribution is 2.43. The summed E-state index contributed by atoms with van der Waals surface area (Å²) in [7, 11) is 1.98. The summed E-state index contributed by atoms with van der Waals surface area (Å²) < 4.78 is 15.0. The van der Waals surface area contributed by atoms with Crippen LogP contribution in [0.3, 0.4) is 0 Å². The molecule has 3 N–H and O–H groups in total. The van der Waals surface area contributed by atoms with Crippen LogP contribution in [-0.4, -0.2) is 39.1 Å². The summed E-state index contributed by atoms with van der Waals surface area (Å²) in [5.41, 5.74) is 3.39. The van der Waals surface area contributed by atoms with E-state index in [1.165, 1.54) is 0 Å². The molecule has 1 aliphatic heterocycles. The number of aryl methyl sites for hydroxylation is 1. The Morgan fingerprint density at radius 1 is 1.17 bits per heavy atom. The van der Waals surface area contributed by atoms with Gasteiger partial charge in [-0.05, 0) is 30.2 Å². The van der Waals surface area contributed by atoms with Crippen molar-refractivity contribution < 1.29 is 19.4 Å². The number of rotatable bonds is 8. The molecule has 2 heterocycles. The maximum Gasteiger partial charge on any atom is 0.319 e. The Kier molecular flexibility index (Phi) is 8.46. The minimum Gasteiger partial charge on any atom is -0.392 e. The molecule has 1 aliphatic rings. The number of aliphatic hydroxyl groups is 1. The molecule has 4 atom stereocenters. The number of anilines is 1. The van der Waals surface area contributed by atoms with E-state index in [1.54, 1.807) is 18.0 Å². The van der Waals surface area contributed by atoms with Crippen molar-refractivity contribution in [2.45, 2.75) is 44.1 Å². The van der Waals surface area contributed by atoms with Crippen molar-refractivity contribution in [1.29, 1.82) is 0 Å². The molecular weight excluding hydrogens is 464 g/mol. The van der Waals surface area contributed by atoms with E-state index in [0.717, 1.165) is 21.8 Å². The lowest BCUT2D eigenvalue weighted by Crippen LogP contribution is -2.38. The first kappa shape index (κ1) is 25.2. The number of benzene rings is 2. The first-order valence-electron chi connectivity index (χ1n) is 11.7. The van der Waals surface area contributed by atoms with Crippen LogP contribution in [0.1, 0.15) is 42.9 Å². The topological polar surface area (TPSA) is 97.6 Å². The van der Waals surface area contributed by atoms with E-state index in [4.69, 9.17) is 9.47 Å². The lowest BCUT2D eigenvalue weighted by molar-refractivity contribution is -0.268. The zero-order valence-corrected chi connectivity index (χ0v) is 21.0. The zero-order valence-electron chi connectivity index (χ0n) is 20.2. The van der Waals surface area contributed by atoms with Gasteiger partial charge in [-0.3, -0.25) is 0 Å². The van der Waals surface area contributed by atoms with Crippen molar-refractivity contribution >= 4 is 23.5 Å². The van der Waals surface area contributed by atoms with Crippen LogP contribution >= 0.6 is 11.8 Å². The minimum absolute atomic E-state index is 0.00141. The van der Waals surface area contributed by atoms with E-state index in [9.17, 15) is 9.90 Å². The largest absolute Gasteiger partial charge is 0.392 e. The summed E-state index contributed by atoms with van der Waals surface area (Å²) in [6.07, 6.45) is 2.82. The molecule has 4 rings (SSSR count). The molecule has 2 amide bonds. The van der Waals surface area contributed by atoms with Gasteiger partial charge in [-0.2, -0.15) is 0 Å². The molecule has 1 saturated heterocycles. The summed E-state index contributed by atoms with van der Waals surface area (Å²) >= 11 is 1.65. The van der Waals surface area contributed by atoms with Crippen molar-refractivity contribution in [3.8, 4) is 0 Å². The van der Waals surface area contributed by atoms with E-state index < -0.39 is 6.29 Å². The number of aliphatic hydroxyl groups excluding tert-OH is 1. The number of aromatic nitrogens is 2. The molecule has 0 spiro atoms. The fourth-order valence-corrected chi connectivity index (χ4v) is 5.15. The number of imidazole rings is 1. The molecule has 0 saturated carbocycles. The average Bonchev–Trinajstić information content (AvgIpc) is 3.28. The normalized spacial score (nSPS) is 22.1. The van der Waals surface area contributed by atoms with E-state index in [0.29, 0.717) is 18.0 Å². The minimum atomic E-state index is -0.600. The summed E-state index contributed by atoms with van der Waals surface area (Å²) in [5, 5.41) is 15.9. The Morgan fingerprint density at radius 3 is 2.66 bits per heavy atom. The Bertz CT molecular complexity index is 1120. The standard InChI is InChI=1S/C26H32N4O4S/c1-4-27-25(32)29-21-7-5-6-20(14-21)24-33-22(16-35-26-28-12-13-30(26)3)17(2)23(34-24)19-10-8-18(15-31)9-11-19/h5-14,17,22-24,31H,4,15-16H2,1-3H3,(H2,27,29,32). The summed E-state index contributed by atoms with van der Waals surface area (Å²) in [6, 6.07) is 15.1. The SMILES string of the molecule is CCNC(=O)Nc1cccc(C2OC(CSc3nccn3C)C(C)C(c3ccc(CO)cc3)O2)c1. The third-order valence-corrected chi connectivity index (χ3v) is 7.18. The van der Waals surface area contributed by atoms with Gasteiger partial charge in [-0.1, -0.05) is 55.1 Å². The number of nitrogens with one attached hydrogen (secondary N) is 2. The van der Waals surface area contributed by atoms with Gasteiger partial charge in [-0.15, -0.1) is 0 Å². The number of urea groups is 1. The first-order valence-corrected chi connectivity index (χ1v) is 12.7. The molecule has 9 heteroatoms. The van der Waals surface area contributed by atoms with E-state index in [-0.39, 0.29) is 30.8 Å². The van der Waals surface area contributed by atoms with Crippen molar-refractivity contribution in [2.24, 2.45) is 13.0 Å². The molecule has 4 unspecified atom stereocenters. The number of amides is 2. The molecule has 3 aromatic rings. The second-order valence-electron chi connectivity index (χ2n) is 8.56. The Labute approximate surface area is 210 Å². The van der Waals surface area contributed by atoms with Crippen molar-refractivity contribution in [3.63, 3.8) is 0 Å². The van der Waals surface area contributed by atoms with Gasteiger partial charge in [-0.25, -0.2) is 9.78 Å². The van der Waals surface area contributed by atoms with Crippen LogP contribution in [0.4, 0.5) is 10.5 Å². The van der Waals surface area contributed by atoms with E-state index >= 15 is 0 Å². The van der Waals surface area contributed by atoms with Gasteiger partial charge in [0, 0.05) is 48.9 Å². The van der Waals surface area contributed by atoms with Crippen LogP contribution < -0.4 is 10.6 Å². The average molecular weight is 497 g/mol. The number of hydrogen-bond acceptors (Lipinski definition) is 6. The number of hydrogen-bond donors (Lipinski definition) is 3. The van der Waals surface area contributed by atoms with Crippen LogP contribution in [0, 0.1) is 5.92 Å². The van der Waals surface area contributed by atoms with Gasteiger partial charge >= 0.3 is 6.03 Å². The molecule has 2 aromatic carbocycles. The molecule has 186 valence electrons. The molecule has 0 bridgehead atoms. The summed E-state index contributed by atoms with van der Waals surface area (Å²) in [5.74, 6) is 0.796. The highest BCUT2D eigenvalue weighted by atomic mass is 32.2. The molecule has 1 fully saturated rings. The predicted octanol–water partition coefficient (Wildman–Crippen LogP) is 4.64. The highest BCUT2D eigenvalue weighted by molar-refractivity contribution is 7.99. The second kappa shape index (κ2) is 11.7. The van der Waals surface area contributed by atoms with E-state index in [2.05, 4.69) is 22.5 Å². The maximum absolute atomic E-state index is 12.0. The number of carbonyl (C=O) groups excluding carboxylic acids is 1. The maximum atomic E-state index is 12.0. The predicted molar refractivity (Wildman–Crippen MR) is 136 cm³/mol. The van der Waals surface area contributed by atoms with Gasteiger partial charge in [0.15, 0.2) is 11.4 Å². The summed E-state index contributed by atoms with van der Waals surface area (Å²) in [6.45, 7) is 4.56. The van der Waals surface area contributed by atoms with Crippen LogP contribution in [-0.2, 0) is 23.1 Å². The third kappa shape index (κ3) is 6.24. The molecular formula is C26H32N4O4S. The Balaban J connectivity index is 1.58. The zero-order chi connectivity index (χ0) is 24.8. The monoisotopic (exact) mass is 496 g/mol. The molecule has 0 aliphatic carbocycles. The van der Waals surface area contributed by atoms with Crippen LogP contribution in [0.25, 0.3) is 0 Å². The van der Waals surface area contributed by atoms with Gasteiger partial charge in [0.05, 0.1) is 18.8 Å². The first-order chi connectivity index (χ1) is 17.0. The lowest BCUT2D eigenvalue weighted by atomic mass is 9.91. The Hall–Kier alpha value is -2.85. The van der Waals surface area contributed by atoms with Gasteiger partial charge in [0.2, 0.25) is 0 Å². The van der Waals surface area contributed by atoms with Crippen molar-refractivity contribution in [2.75, 3.05) is 17.6 Å². The number of thioether (sulfide) groups is 1. The van der Waals surface area contributed by atoms with Gasteiger partial charge in [0.1, 0.15) is 0 Å². The quantitative estimate of drug-likeness (QED) is 0.393. The fraction of sp³-hybridized carbons (Fsp3) is 0.385. The lowest BCUT2D eigenvalue weighted by Gasteiger charge is -2.41. The number of ether oxygens (including phenoxy) is 2. The molecule has 0 radical (unpaired) electrons. The number of nitrogens with zero attached hydrogens (tertiary/aromatic N) is 2. The van der Waals surface area contributed by atoms with Crippen LogP contribution in [0.2, 0.25) is 0 Å². The fourth-order valence-electron chi connectivity index (χ4n) is 4.06. The van der Waals surface area contributed by atoms with Crippen LogP contribution in [0.15, 0.2) is 66.1 Å². The smallest absolute Gasteiger partial charge is 0.319 e. The van der Waals surface area contributed by atoms with Gasteiger partial charge in [0.25, 0.3) is 0 Å². The molecule has 1 aromatic heterocycles. The second-order valence-corrected chi connectivity index (χ2v) is 9.55. The van der Waals surface area contributed by atoms with Gasteiger partial charge < -0.3 is 29.8 Å². The Morgan fingerprint density at radius 2 is 1.97 bits per heavy atom. The molecule has 8 nitrogen and oxygen atoms in total. The van der Waals surface area contributed by atoms with E-state index in [1.807, 2.05) is 73.3 Å². The van der Waals surface area contributed by atoms with Crippen molar-refractivity contribution in [3.05, 3.63) is 77.6 Å².